The van der Waals surface area contributed by atoms with Crippen LogP contribution in [0, 0.1) is 5.92 Å². The molecule has 2 aliphatic rings. The minimum Gasteiger partial charge on any atom is -0.381 e. The zero-order chi connectivity index (χ0) is 11.4. The Labute approximate surface area is 99.5 Å². The highest BCUT2D eigenvalue weighted by atomic mass is 16.5. The maximum absolute atomic E-state index is 5.57. The SMILES string of the molecule is CCC1CN(CC2CCCOC2)C(C)CN1. The molecule has 0 amide bonds. The van der Waals surface area contributed by atoms with Crippen LogP contribution in [-0.2, 0) is 4.74 Å². The van der Waals surface area contributed by atoms with Crippen molar-refractivity contribution in [1.29, 1.82) is 0 Å². The van der Waals surface area contributed by atoms with Crippen LogP contribution >= 0.6 is 0 Å². The van der Waals surface area contributed by atoms with Gasteiger partial charge in [0.05, 0.1) is 6.61 Å². The predicted molar refractivity (Wildman–Crippen MR) is 66.7 cm³/mol. The standard InChI is InChI=1S/C13H26N2O/c1-3-13-9-15(11(2)7-14-13)8-12-5-4-6-16-10-12/h11-14H,3-10H2,1-2H3. The van der Waals surface area contributed by atoms with Gasteiger partial charge in [-0.15, -0.1) is 0 Å². The molecule has 3 unspecified atom stereocenters. The predicted octanol–water partition coefficient (Wildman–Crippen LogP) is 1.49. The van der Waals surface area contributed by atoms with Crippen LogP contribution in [0.15, 0.2) is 0 Å². The summed E-state index contributed by atoms with van der Waals surface area (Å²) in [5.74, 6) is 0.770. The van der Waals surface area contributed by atoms with Crippen LogP contribution < -0.4 is 5.32 Å². The summed E-state index contributed by atoms with van der Waals surface area (Å²) in [5, 5.41) is 3.61. The van der Waals surface area contributed by atoms with E-state index in [2.05, 4.69) is 24.1 Å². The summed E-state index contributed by atoms with van der Waals surface area (Å²) in [6, 6.07) is 1.38. The number of piperazine rings is 1. The van der Waals surface area contributed by atoms with Gasteiger partial charge in [0.2, 0.25) is 0 Å². The lowest BCUT2D eigenvalue weighted by Gasteiger charge is -2.40. The van der Waals surface area contributed by atoms with Crippen molar-refractivity contribution >= 4 is 0 Å². The smallest absolute Gasteiger partial charge is 0.0506 e. The average molecular weight is 226 g/mol. The van der Waals surface area contributed by atoms with Crippen LogP contribution in [0.1, 0.15) is 33.1 Å². The van der Waals surface area contributed by atoms with Gasteiger partial charge in [-0.3, -0.25) is 4.90 Å². The third-order valence-electron chi connectivity index (χ3n) is 4.02. The number of hydrogen-bond donors (Lipinski definition) is 1. The van der Waals surface area contributed by atoms with Crippen molar-refractivity contribution < 1.29 is 4.74 Å². The highest BCUT2D eigenvalue weighted by molar-refractivity contribution is 4.84. The molecule has 16 heavy (non-hydrogen) atoms. The molecule has 1 N–H and O–H groups in total. The molecule has 0 aliphatic carbocycles. The van der Waals surface area contributed by atoms with Gasteiger partial charge in [0.25, 0.3) is 0 Å². The van der Waals surface area contributed by atoms with Crippen LogP contribution in [0.3, 0.4) is 0 Å². The molecule has 3 heteroatoms. The van der Waals surface area contributed by atoms with E-state index in [0.717, 1.165) is 25.7 Å². The molecule has 2 heterocycles. The Kier molecular flexibility index (Phi) is 4.62. The van der Waals surface area contributed by atoms with E-state index in [1.54, 1.807) is 0 Å². The highest BCUT2D eigenvalue weighted by Gasteiger charge is 2.26. The highest BCUT2D eigenvalue weighted by Crippen LogP contribution is 2.18. The van der Waals surface area contributed by atoms with Gasteiger partial charge in [-0.05, 0) is 32.1 Å². The van der Waals surface area contributed by atoms with E-state index >= 15 is 0 Å². The first-order valence-electron chi connectivity index (χ1n) is 6.84. The fraction of sp³-hybridized carbons (Fsp3) is 1.00. The topological polar surface area (TPSA) is 24.5 Å². The van der Waals surface area contributed by atoms with E-state index in [1.807, 2.05) is 0 Å². The van der Waals surface area contributed by atoms with Gasteiger partial charge in [0, 0.05) is 38.3 Å². The number of rotatable bonds is 3. The Morgan fingerprint density at radius 3 is 3.00 bits per heavy atom. The van der Waals surface area contributed by atoms with E-state index in [1.165, 1.54) is 32.4 Å². The van der Waals surface area contributed by atoms with Gasteiger partial charge in [0.15, 0.2) is 0 Å². The first-order chi connectivity index (χ1) is 7.79. The molecule has 2 fully saturated rings. The van der Waals surface area contributed by atoms with E-state index in [4.69, 9.17) is 4.74 Å². The summed E-state index contributed by atoms with van der Waals surface area (Å²) in [6.07, 6.45) is 3.85. The molecule has 94 valence electrons. The van der Waals surface area contributed by atoms with Crippen molar-refractivity contribution in [3.8, 4) is 0 Å². The Balaban J connectivity index is 1.81. The maximum Gasteiger partial charge on any atom is 0.0506 e. The minimum absolute atomic E-state index is 0.685. The molecule has 0 radical (unpaired) electrons. The zero-order valence-electron chi connectivity index (χ0n) is 10.7. The van der Waals surface area contributed by atoms with Crippen molar-refractivity contribution in [3.05, 3.63) is 0 Å². The average Bonchev–Trinajstić information content (AvgIpc) is 2.33. The van der Waals surface area contributed by atoms with Crippen LogP contribution in [0.2, 0.25) is 0 Å². The summed E-state index contributed by atoms with van der Waals surface area (Å²) in [6.45, 7) is 10.2. The Morgan fingerprint density at radius 1 is 1.44 bits per heavy atom. The fourth-order valence-corrected chi connectivity index (χ4v) is 2.80. The van der Waals surface area contributed by atoms with Crippen LogP contribution in [0.5, 0.6) is 0 Å². The minimum atomic E-state index is 0.685. The molecule has 3 nitrogen and oxygen atoms in total. The van der Waals surface area contributed by atoms with Gasteiger partial charge in [-0.1, -0.05) is 6.92 Å². The largest absolute Gasteiger partial charge is 0.381 e. The first-order valence-corrected chi connectivity index (χ1v) is 6.84. The third-order valence-corrected chi connectivity index (χ3v) is 4.02. The molecule has 2 rings (SSSR count). The molecule has 0 spiro atoms. The summed E-state index contributed by atoms with van der Waals surface area (Å²) < 4.78 is 5.57. The second-order valence-electron chi connectivity index (χ2n) is 5.40. The van der Waals surface area contributed by atoms with Gasteiger partial charge in [-0.2, -0.15) is 0 Å². The van der Waals surface area contributed by atoms with E-state index in [0.29, 0.717) is 12.1 Å². The Hall–Kier alpha value is -0.120. The molecule has 0 aromatic rings. The maximum atomic E-state index is 5.57. The molecular formula is C13H26N2O. The van der Waals surface area contributed by atoms with Crippen molar-refractivity contribution in [3.63, 3.8) is 0 Å². The van der Waals surface area contributed by atoms with E-state index in [-0.39, 0.29) is 0 Å². The lowest BCUT2D eigenvalue weighted by molar-refractivity contribution is 0.0239. The Morgan fingerprint density at radius 2 is 2.31 bits per heavy atom. The second kappa shape index (κ2) is 5.99. The second-order valence-corrected chi connectivity index (χ2v) is 5.40. The summed E-state index contributed by atoms with van der Waals surface area (Å²) in [5.41, 5.74) is 0. The molecule has 0 aromatic carbocycles. The number of nitrogens with one attached hydrogen (secondary N) is 1. The number of nitrogens with zero attached hydrogens (tertiary/aromatic N) is 1. The van der Waals surface area contributed by atoms with E-state index < -0.39 is 0 Å². The first kappa shape index (κ1) is 12.3. The fourth-order valence-electron chi connectivity index (χ4n) is 2.80. The molecular weight excluding hydrogens is 200 g/mol. The molecule has 0 aromatic heterocycles. The Bertz CT molecular complexity index is 204. The molecule has 0 bridgehead atoms. The molecule has 2 aliphatic heterocycles. The van der Waals surface area contributed by atoms with Crippen LogP contribution in [-0.4, -0.2) is 49.8 Å². The van der Waals surface area contributed by atoms with Crippen molar-refractivity contribution in [2.45, 2.75) is 45.2 Å². The summed E-state index contributed by atoms with van der Waals surface area (Å²) >= 11 is 0. The van der Waals surface area contributed by atoms with Gasteiger partial charge in [-0.25, -0.2) is 0 Å². The monoisotopic (exact) mass is 226 g/mol. The zero-order valence-corrected chi connectivity index (χ0v) is 10.7. The third kappa shape index (κ3) is 3.19. The van der Waals surface area contributed by atoms with Crippen molar-refractivity contribution in [2.75, 3.05) is 32.8 Å². The van der Waals surface area contributed by atoms with Crippen molar-refractivity contribution in [1.82, 2.24) is 10.2 Å². The van der Waals surface area contributed by atoms with E-state index in [9.17, 15) is 0 Å². The van der Waals surface area contributed by atoms with Gasteiger partial charge in [0.1, 0.15) is 0 Å². The van der Waals surface area contributed by atoms with Crippen molar-refractivity contribution in [2.24, 2.45) is 5.92 Å². The number of ether oxygens (including phenoxy) is 1. The lowest BCUT2D eigenvalue weighted by atomic mass is 9.99. The van der Waals surface area contributed by atoms with Gasteiger partial charge >= 0.3 is 0 Å². The molecule has 3 atom stereocenters. The van der Waals surface area contributed by atoms with Crippen LogP contribution in [0.4, 0.5) is 0 Å². The quantitative estimate of drug-likeness (QED) is 0.789. The molecule has 0 saturated carbocycles. The van der Waals surface area contributed by atoms with Crippen LogP contribution in [0.25, 0.3) is 0 Å². The normalized spacial score (nSPS) is 37.5. The lowest BCUT2D eigenvalue weighted by Crippen LogP contribution is -2.56. The van der Waals surface area contributed by atoms with Gasteiger partial charge < -0.3 is 10.1 Å². The molecule has 2 saturated heterocycles. The number of hydrogen-bond acceptors (Lipinski definition) is 3. The summed E-state index contributed by atoms with van der Waals surface area (Å²) in [4.78, 5) is 2.66. The summed E-state index contributed by atoms with van der Waals surface area (Å²) in [7, 11) is 0.